The van der Waals surface area contributed by atoms with Gasteiger partial charge in [-0.3, -0.25) is 4.79 Å². The number of hydrogen-bond acceptors (Lipinski definition) is 6. The van der Waals surface area contributed by atoms with Crippen molar-refractivity contribution in [3.8, 4) is 5.75 Å². The first-order valence-electron chi connectivity index (χ1n) is 8.35. The zero-order valence-corrected chi connectivity index (χ0v) is 18.3. The molecule has 2 rings (SSSR count). The van der Waals surface area contributed by atoms with E-state index in [9.17, 15) is 21.6 Å². The predicted octanol–water partition coefficient (Wildman–Crippen LogP) is 1.45. The number of anilines is 1. The van der Waals surface area contributed by atoms with Crippen LogP contribution in [0.5, 0.6) is 5.75 Å². The summed E-state index contributed by atoms with van der Waals surface area (Å²) in [5.74, 6) is -0.449. The van der Waals surface area contributed by atoms with Crippen molar-refractivity contribution in [2.24, 2.45) is 0 Å². The van der Waals surface area contributed by atoms with E-state index in [4.69, 9.17) is 4.74 Å². The zero-order valence-electron chi connectivity index (χ0n) is 16.7. The lowest BCUT2D eigenvalue weighted by Crippen LogP contribution is -2.23. The number of methoxy groups -OCH3 is 1. The molecule has 0 fully saturated rings. The summed E-state index contributed by atoms with van der Waals surface area (Å²) in [4.78, 5) is 12.5. The number of rotatable bonds is 7. The average Bonchev–Trinajstić information content (AvgIpc) is 2.67. The third-order valence-corrected chi connectivity index (χ3v) is 7.70. The van der Waals surface area contributed by atoms with Crippen LogP contribution in [0, 0.1) is 0 Å². The molecule has 0 aliphatic carbocycles. The molecule has 1 N–H and O–H groups in total. The first-order valence-corrected chi connectivity index (χ1v) is 11.2. The number of hydrogen-bond donors (Lipinski definition) is 1. The van der Waals surface area contributed by atoms with E-state index in [0.29, 0.717) is 0 Å². The van der Waals surface area contributed by atoms with Crippen LogP contribution in [-0.2, 0) is 20.0 Å². The molecule has 0 aromatic heterocycles. The molecule has 0 atom stereocenters. The highest BCUT2D eigenvalue weighted by Gasteiger charge is 2.23. The van der Waals surface area contributed by atoms with Crippen molar-refractivity contribution in [3.63, 3.8) is 0 Å². The topological polar surface area (TPSA) is 113 Å². The Labute approximate surface area is 171 Å². The molecule has 0 saturated carbocycles. The fourth-order valence-electron chi connectivity index (χ4n) is 2.36. The molecule has 158 valence electrons. The average molecular weight is 442 g/mol. The highest BCUT2D eigenvalue weighted by Crippen LogP contribution is 2.29. The SMILES string of the molecule is COc1ccc(NC(=O)c2cccc(S(=O)(=O)N(C)C)c2)cc1S(=O)(=O)N(C)C. The van der Waals surface area contributed by atoms with Crippen LogP contribution in [0.15, 0.2) is 52.3 Å². The molecule has 2 aromatic rings. The van der Waals surface area contributed by atoms with E-state index in [-0.39, 0.29) is 26.8 Å². The number of carbonyl (C=O) groups is 1. The number of ether oxygens (including phenoxy) is 1. The van der Waals surface area contributed by atoms with Crippen molar-refractivity contribution in [2.75, 3.05) is 40.6 Å². The standard InChI is InChI=1S/C18H23N3O6S2/c1-20(2)28(23,24)15-8-6-7-13(11-15)18(22)19-14-9-10-16(27-5)17(12-14)29(25,26)21(3)4/h6-12H,1-5H3,(H,19,22). The maximum absolute atomic E-state index is 12.6. The van der Waals surface area contributed by atoms with Crippen molar-refractivity contribution in [3.05, 3.63) is 48.0 Å². The third-order valence-electron chi connectivity index (χ3n) is 4.05. The monoisotopic (exact) mass is 441 g/mol. The first kappa shape index (κ1) is 22.8. The van der Waals surface area contributed by atoms with E-state index in [1.807, 2.05) is 0 Å². The molecular weight excluding hydrogens is 418 g/mol. The van der Waals surface area contributed by atoms with E-state index in [0.717, 1.165) is 8.61 Å². The van der Waals surface area contributed by atoms with Gasteiger partial charge in [0.1, 0.15) is 10.6 Å². The van der Waals surface area contributed by atoms with Crippen LogP contribution in [0.4, 0.5) is 5.69 Å². The fourth-order valence-corrected chi connectivity index (χ4v) is 4.39. The van der Waals surface area contributed by atoms with Crippen molar-refractivity contribution in [1.29, 1.82) is 0 Å². The lowest BCUT2D eigenvalue weighted by Gasteiger charge is -2.16. The second-order valence-corrected chi connectivity index (χ2v) is 10.7. The van der Waals surface area contributed by atoms with E-state index in [1.54, 1.807) is 0 Å². The summed E-state index contributed by atoms with van der Waals surface area (Å²) in [6.07, 6.45) is 0. The second-order valence-electron chi connectivity index (χ2n) is 6.42. The molecule has 0 aliphatic rings. The van der Waals surface area contributed by atoms with E-state index in [1.165, 1.54) is 77.8 Å². The Morgan fingerprint density at radius 2 is 1.52 bits per heavy atom. The Hall–Kier alpha value is -2.47. The summed E-state index contributed by atoms with van der Waals surface area (Å²) >= 11 is 0. The van der Waals surface area contributed by atoms with Gasteiger partial charge in [0.15, 0.2) is 0 Å². The Bertz CT molecular complexity index is 1130. The highest BCUT2D eigenvalue weighted by atomic mass is 32.2. The highest BCUT2D eigenvalue weighted by molar-refractivity contribution is 7.89. The van der Waals surface area contributed by atoms with Gasteiger partial charge in [-0.2, -0.15) is 0 Å². The van der Waals surface area contributed by atoms with Gasteiger partial charge in [0.05, 0.1) is 12.0 Å². The van der Waals surface area contributed by atoms with Crippen molar-refractivity contribution in [2.45, 2.75) is 9.79 Å². The molecule has 9 nitrogen and oxygen atoms in total. The summed E-state index contributed by atoms with van der Waals surface area (Å²) in [6, 6.07) is 9.77. The largest absolute Gasteiger partial charge is 0.495 e. The van der Waals surface area contributed by atoms with E-state index < -0.39 is 26.0 Å². The van der Waals surface area contributed by atoms with Gasteiger partial charge in [-0.25, -0.2) is 25.4 Å². The van der Waals surface area contributed by atoms with Crippen LogP contribution in [-0.4, -0.2) is 66.7 Å². The van der Waals surface area contributed by atoms with Crippen LogP contribution in [0.25, 0.3) is 0 Å². The van der Waals surface area contributed by atoms with Gasteiger partial charge < -0.3 is 10.1 Å². The number of carbonyl (C=O) groups excluding carboxylic acids is 1. The molecule has 0 spiro atoms. The van der Waals surface area contributed by atoms with Crippen molar-refractivity contribution in [1.82, 2.24) is 8.61 Å². The number of nitrogens with one attached hydrogen (secondary N) is 1. The van der Waals surface area contributed by atoms with E-state index in [2.05, 4.69) is 5.32 Å². The smallest absolute Gasteiger partial charge is 0.255 e. The van der Waals surface area contributed by atoms with Gasteiger partial charge in [0, 0.05) is 39.4 Å². The summed E-state index contributed by atoms with van der Waals surface area (Å²) in [5, 5.41) is 2.58. The molecule has 0 saturated heterocycles. The molecule has 0 aliphatic heterocycles. The Morgan fingerprint density at radius 1 is 0.897 bits per heavy atom. The number of nitrogens with zero attached hydrogens (tertiary/aromatic N) is 2. The predicted molar refractivity (Wildman–Crippen MR) is 109 cm³/mol. The number of amides is 1. The van der Waals surface area contributed by atoms with Gasteiger partial charge in [0.25, 0.3) is 5.91 Å². The number of benzene rings is 2. The Balaban J connectivity index is 2.40. The first-order chi connectivity index (χ1) is 13.4. The van der Waals surface area contributed by atoms with Gasteiger partial charge >= 0.3 is 0 Å². The lowest BCUT2D eigenvalue weighted by molar-refractivity contribution is 0.102. The molecular formula is C18H23N3O6S2. The molecule has 29 heavy (non-hydrogen) atoms. The molecule has 2 aromatic carbocycles. The summed E-state index contributed by atoms with van der Waals surface area (Å²) < 4.78 is 56.7. The maximum atomic E-state index is 12.6. The molecule has 0 heterocycles. The van der Waals surface area contributed by atoms with Crippen LogP contribution >= 0.6 is 0 Å². The molecule has 1 amide bonds. The molecule has 0 radical (unpaired) electrons. The van der Waals surface area contributed by atoms with Gasteiger partial charge in [-0.05, 0) is 36.4 Å². The van der Waals surface area contributed by atoms with Gasteiger partial charge in [-0.15, -0.1) is 0 Å². The minimum atomic E-state index is -3.81. The molecule has 0 bridgehead atoms. The summed E-state index contributed by atoms with van der Waals surface area (Å²) in [7, 11) is -0.597. The molecule has 0 unspecified atom stereocenters. The van der Waals surface area contributed by atoms with Crippen molar-refractivity contribution >= 4 is 31.6 Å². The second kappa shape index (κ2) is 8.49. The van der Waals surface area contributed by atoms with Crippen LogP contribution in [0.1, 0.15) is 10.4 Å². The molecule has 11 heteroatoms. The minimum Gasteiger partial charge on any atom is -0.495 e. The van der Waals surface area contributed by atoms with E-state index >= 15 is 0 Å². The normalized spacial score (nSPS) is 12.2. The van der Waals surface area contributed by atoms with Crippen molar-refractivity contribution < 1.29 is 26.4 Å². The lowest BCUT2D eigenvalue weighted by atomic mass is 10.2. The minimum absolute atomic E-state index is 0.0271. The number of sulfonamides is 2. The Kier molecular flexibility index (Phi) is 6.68. The fraction of sp³-hybridized carbons (Fsp3) is 0.278. The quantitative estimate of drug-likeness (QED) is 0.696. The van der Waals surface area contributed by atoms with Crippen LogP contribution in [0.2, 0.25) is 0 Å². The maximum Gasteiger partial charge on any atom is 0.255 e. The summed E-state index contributed by atoms with van der Waals surface area (Å²) in [5.41, 5.74) is 0.331. The summed E-state index contributed by atoms with van der Waals surface area (Å²) in [6.45, 7) is 0. The van der Waals surface area contributed by atoms with Crippen LogP contribution in [0.3, 0.4) is 0 Å². The van der Waals surface area contributed by atoms with Gasteiger partial charge in [0.2, 0.25) is 20.0 Å². The van der Waals surface area contributed by atoms with Gasteiger partial charge in [-0.1, -0.05) is 6.07 Å². The zero-order chi connectivity index (χ0) is 22.0. The Morgan fingerprint density at radius 3 is 2.07 bits per heavy atom. The van der Waals surface area contributed by atoms with Crippen LogP contribution < -0.4 is 10.1 Å². The third kappa shape index (κ3) is 4.75.